The normalized spacial score (nSPS) is 19.0. The molecule has 1 aliphatic heterocycles. The minimum atomic E-state index is -0.286. The predicted octanol–water partition coefficient (Wildman–Crippen LogP) is 3.02. The molecule has 1 aliphatic rings. The lowest BCUT2D eigenvalue weighted by Gasteiger charge is -2.26. The summed E-state index contributed by atoms with van der Waals surface area (Å²) in [6.45, 7) is 3.04. The van der Waals surface area contributed by atoms with Crippen molar-refractivity contribution >= 4 is 17.1 Å². The van der Waals surface area contributed by atoms with E-state index in [1.807, 2.05) is 12.1 Å². The van der Waals surface area contributed by atoms with Gasteiger partial charge in [-0.25, -0.2) is 0 Å². The van der Waals surface area contributed by atoms with Crippen LogP contribution in [0.3, 0.4) is 0 Å². The molecule has 0 spiro atoms. The lowest BCUT2D eigenvalue weighted by Crippen LogP contribution is -2.29. The second-order valence-corrected chi connectivity index (χ2v) is 4.58. The molecular weight excluding hydrogens is 230 g/mol. The van der Waals surface area contributed by atoms with Crippen LogP contribution in [-0.4, -0.2) is 24.6 Å². The Labute approximate surface area is 107 Å². The number of nitro groups is 1. The summed E-state index contributed by atoms with van der Waals surface area (Å²) in [6.07, 6.45) is 3.26. The highest BCUT2D eigenvalue weighted by atomic mass is 16.6. The Bertz CT molecular complexity index is 448. The van der Waals surface area contributed by atoms with E-state index in [0.29, 0.717) is 11.7 Å². The molecule has 1 aromatic carbocycles. The second kappa shape index (κ2) is 5.25. The van der Waals surface area contributed by atoms with Crippen LogP contribution in [0.15, 0.2) is 18.2 Å². The van der Waals surface area contributed by atoms with E-state index in [1.165, 1.54) is 0 Å². The maximum atomic E-state index is 11.3. The molecule has 1 saturated heterocycles. The molecule has 0 amide bonds. The molecule has 5 heteroatoms. The van der Waals surface area contributed by atoms with Gasteiger partial charge in [-0.2, -0.15) is 0 Å². The number of benzene rings is 1. The molecule has 0 saturated carbocycles. The number of hydrogen-bond acceptors (Lipinski definition) is 4. The Morgan fingerprint density at radius 2 is 2.33 bits per heavy atom. The molecule has 18 heavy (non-hydrogen) atoms. The standard InChI is InChI=1S/C13H19N3O2/c1-3-10-6-5-9-15(10)12-8-4-7-11(14-2)13(12)16(17)18/h4,7-8,10,14H,3,5-6,9H2,1-2H3. The number of nitro benzene ring substituents is 1. The monoisotopic (exact) mass is 249 g/mol. The van der Waals surface area contributed by atoms with Crippen LogP contribution in [0.4, 0.5) is 17.1 Å². The summed E-state index contributed by atoms with van der Waals surface area (Å²) in [5, 5.41) is 14.2. The number of rotatable bonds is 4. The van der Waals surface area contributed by atoms with Crippen molar-refractivity contribution in [1.29, 1.82) is 0 Å². The van der Waals surface area contributed by atoms with Crippen molar-refractivity contribution < 1.29 is 4.92 Å². The molecule has 0 bridgehead atoms. The summed E-state index contributed by atoms with van der Waals surface area (Å²) in [7, 11) is 1.72. The fourth-order valence-electron chi connectivity index (χ4n) is 2.73. The molecule has 0 aromatic heterocycles. The molecule has 0 aliphatic carbocycles. The van der Waals surface area contributed by atoms with Gasteiger partial charge in [-0.05, 0) is 31.4 Å². The average Bonchev–Trinajstić information content (AvgIpc) is 2.85. The second-order valence-electron chi connectivity index (χ2n) is 4.58. The Balaban J connectivity index is 2.46. The predicted molar refractivity (Wildman–Crippen MR) is 73.3 cm³/mol. The Hall–Kier alpha value is -1.78. The number of anilines is 2. The quantitative estimate of drug-likeness (QED) is 0.658. The zero-order chi connectivity index (χ0) is 13.1. The molecule has 1 aromatic rings. The molecule has 1 N–H and O–H groups in total. The largest absolute Gasteiger partial charge is 0.382 e. The molecule has 1 unspecified atom stereocenters. The summed E-state index contributed by atoms with van der Waals surface area (Å²) >= 11 is 0. The van der Waals surface area contributed by atoms with E-state index < -0.39 is 0 Å². The summed E-state index contributed by atoms with van der Waals surface area (Å²) in [6, 6.07) is 5.90. The fourth-order valence-corrected chi connectivity index (χ4v) is 2.73. The maximum absolute atomic E-state index is 11.3. The molecule has 1 fully saturated rings. The van der Waals surface area contributed by atoms with E-state index >= 15 is 0 Å². The summed E-state index contributed by atoms with van der Waals surface area (Å²) in [5.41, 5.74) is 1.52. The fraction of sp³-hybridized carbons (Fsp3) is 0.538. The minimum Gasteiger partial charge on any atom is -0.382 e. The highest BCUT2D eigenvalue weighted by Crippen LogP contribution is 2.38. The van der Waals surface area contributed by atoms with Crippen LogP contribution in [-0.2, 0) is 0 Å². The molecule has 1 heterocycles. The first-order chi connectivity index (χ1) is 8.69. The lowest BCUT2D eigenvalue weighted by atomic mass is 10.1. The van der Waals surface area contributed by atoms with Gasteiger partial charge in [0.25, 0.3) is 0 Å². The molecule has 5 nitrogen and oxygen atoms in total. The van der Waals surface area contributed by atoms with Gasteiger partial charge in [-0.1, -0.05) is 13.0 Å². The molecule has 1 atom stereocenters. The average molecular weight is 249 g/mol. The van der Waals surface area contributed by atoms with Crippen molar-refractivity contribution in [2.24, 2.45) is 0 Å². The van der Waals surface area contributed by atoms with E-state index in [9.17, 15) is 10.1 Å². The van der Waals surface area contributed by atoms with Gasteiger partial charge in [0.05, 0.1) is 4.92 Å². The van der Waals surface area contributed by atoms with Crippen LogP contribution < -0.4 is 10.2 Å². The Kier molecular flexibility index (Phi) is 3.69. The van der Waals surface area contributed by atoms with E-state index in [4.69, 9.17) is 0 Å². The third kappa shape index (κ3) is 2.12. The SMILES string of the molecule is CCC1CCCN1c1cccc(NC)c1[N+](=O)[O-]. The van der Waals surface area contributed by atoms with Crippen molar-refractivity contribution in [3.05, 3.63) is 28.3 Å². The van der Waals surface area contributed by atoms with E-state index in [1.54, 1.807) is 13.1 Å². The van der Waals surface area contributed by atoms with Crippen molar-refractivity contribution in [3.8, 4) is 0 Å². The zero-order valence-electron chi connectivity index (χ0n) is 10.8. The van der Waals surface area contributed by atoms with Gasteiger partial charge in [-0.15, -0.1) is 0 Å². The first-order valence-corrected chi connectivity index (χ1v) is 6.40. The van der Waals surface area contributed by atoms with Crippen molar-refractivity contribution in [2.45, 2.75) is 32.2 Å². The Morgan fingerprint density at radius 3 is 2.94 bits per heavy atom. The highest BCUT2D eigenvalue weighted by Gasteiger charge is 2.30. The maximum Gasteiger partial charge on any atom is 0.315 e. The molecule has 98 valence electrons. The van der Waals surface area contributed by atoms with Gasteiger partial charge >= 0.3 is 5.69 Å². The summed E-state index contributed by atoms with van der Waals surface area (Å²) < 4.78 is 0. The molecular formula is C13H19N3O2. The van der Waals surface area contributed by atoms with Gasteiger partial charge in [0, 0.05) is 19.6 Å². The summed E-state index contributed by atoms with van der Waals surface area (Å²) in [5.74, 6) is 0. The van der Waals surface area contributed by atoms with Crippen LogP contribution >= 0.6 is 0 Å². The third-order valence-corrected chi connectivity index (χ3v) is 3.62. The topological polar surface area (TPSA) is 58.4 Å². The first-order valence-electron chi connectivity index (χ1n) is 6.40. The number of nitrogens with zero attached hydrogens (tertiary/aromatic N) is 2. The Morgan fingerprint density at radius 1 is 1.56 bits per heavy atom. The summed E-state index contributed by atoms with van der Waals surface area (Å²) in [4.78, 5) is 13.2. The first kappa shape index (κ1) is 12.7. The van der Waals surface area contributed by atoms with E-state index in [0.717, 1.165) is 31.5 Å². The highest BCUT2D eigenvalue weighted by molar-refractivity contribution is 5.77. The molecule has 2 rings (SSSR count). The number of nitrogens with one attached hydrogen (secondary N) is 1. The van der Waals surface area contributed by atoms with Gasteiger partial charge in [0.1, 0.15) is 11.4 Å². The van der Waals surface area contributed by atoms with Gasteiger partial charge in [0.2, 0.25) is 0 Å². The minimum absolute atomic E-state index is 0.195. The van der Waals surface area contributed by atoms with Crippen LogP contribution in [0.2, 0.25) is 0 Å². The smallest absolute Gasteiger partial charge is 0.315 e. The van der Waals surface area contributed by atoms with Crippen LogP contribution in [0.25, 0.3) is 0 Å². The van der Waals surface area contributed by atoms with Crippen LogP contribution in [0.1, 0.15) is 26.2 Å². The van der Waals surface area contributed by atoms with E-state index in [2.05, 4.69) is 17.1 Å². The third-order valence-electron chi connectivity index (χ3n) is 3.62. The number of para-hydroxylation sites is 1. The number of hydrogen-bond donors (Lipinski definition) is 1. The van der Waals surface area contributed by atoms with Crippen LogP contribution in [0, 0.1) is 10.1 Å². The van der Waals surface area contributed by atoms with E-state index in [-0.39, 0.29) is 10.6 Å². The van der Waals surface area contributed by atoms with Crippen molar-refractivity contribution in [3.63, 3.8) is 0 Å². The van der Waals surface area contributed by atoms with Crippen molar-refractivity contribution in [2.75, 3.05) is 23.8 Å². The zero-order valence-corrected chi connectivity index (χ0v) is 10.8. The van der Waals surface area contributed by atoms with Crippen molar-refractivity contribution in [1.82, 2.24) is 0 Å². The van der Waals surface area contributed by atoms with Crippen LogP contribution in [0.5, 0.6) is 0 Å². The van der Waals surface area contributed by atoms with Gasteiger partial charge in [0.15, 0.2) is 0 Å². The lowest BCUT2D eigenvalue weighted by molar-refractivity contribution is -0.383. The van der Waals surface area contributed by atoms with Gasteiger partial charge < -0.3 is 10.2 Å². The van der Waals surface area contributed by atoms with Gasteiger partial charge in [-0.3, -0.25) is 10.1 Å². The molecule has 0 radical (unpaired) electrons.